The zero-order valence-corrected chi connectivity index (χ0v) is 13.3. The minimum Gasteiger partial charge on any atom is -0.483 e. The highest BCUT2D eigenvalue weighted by molar-refractivity contribution is 5.86. The van der Waals surface area contributed by atoms with Crippen molar-refractivity contribution in [1.29, 1.82) is 0 Å². The molecule has 1 heterocycles. The maximum atomic E-state index is 12.1. The van der Waals surface area contributed by atoms with Crippen LogP contribution in [0.1, 0.15) is 27.2 Å². The fraction of sp³-hybridized carbons (Fsp3) is 0.412. The average molecular weight is 302 g/mol. The molecule has 0 aliphatic heterocycles. The van der Waals surface area contributed by atoms with Gasteiger partial charge in [-0.3, -0.25) is 9.59 Å². The lowest BCUT2D eigenvalue weighted by atomic mass is 10.2. The van der Waals surface area contributed by atoms with E-state index in [1.807, 2.05) is 45.0 Å². The predicted molar refractivity (Wildman–Crippen MR) is 87.3 cm³/mol. The first kappa shape index (κ1) is 16.1. The molecule has 1 N–H and O–H groups in total. The minimum absolute atomic E-state index is 0.0933. The van der Waals surface area contributed by atoms with Gasteiger partial charge in [0.15, 0.2) is 6.61 Å². The number of amides is 1. The monoisotopic (exact) mass is 302 g/mol. The second kappa shape index (κ2) is 7.11. The van der Waals surface area contributed by atoms with Crippen molar-refractivity contribution in [3.63, 3.8) is 0 Å². The number of aromatic nitrogens is 1. The van der Waals surface area contributed by atoms with Crippen molar-refractivity contribution in [2.24, 2.45) is 0 Å². The molecule has 0 saturated heterocycles. The summed E-state index contributed by atoms with van der Waals surface area (Å²) >= 11 is 0. The van der Waals surface area contributed by atoms with E-state index in [0.717, 1.165) is 17.3 Å². The standard InChI is InChI=1S/C17H22N2O3/c1-4-12(3)18-16(20)11-22-15-10-17(21)19(5-2)14-9-7-6-8-13(14)15/h6-10,12H,4-5,11H2,1-3H3,(H,18,20)/t12-/m0/s1. The number of hydrogen-bond acceptors (Lipinski definition) is 3. The van der Waals surface area contributed by atoms with Crippen LogP contribution in [0.15, 0.2) is 35.1 Å². The van der Waals surface area contributed by atoms with Crippen LogP contribution in [-0.2, 0) is 11.3 Å². The van der Waals surface area contributed by atoms with Crippen LogP contribution in [0.5, 0.6) is 5.75 Å². The summed E-state index contributed by atoms with van der Waals surface area (Å²) < 4.78 is 7.26. The summed E-state index contributed by atoms with van der Waals surface area (Å²) in [5.74, 6) is 0.266. The fourth-order valence-electron chi connectivity index (χ4n) is 2.31. The lowest BCUT2D eigenvalue weighted by Gasteiger charge is -2.14. The summed E-state index contributed by atoms with van der Waals surface area (Å²) in [7, 11) is 0. The number of fused-ring (bicyclic) bond motifs is 1. The van der Waals surface area contributed by atoms with E-state index in [4.69, 9.17) is 4.74 Å². The number of ether oxygens (including phenoxy) is 1. The van der Waals surface area contributed by atoms with E-state index in [9.17, 15) is 9.59 Å². The molecule has 1 amide bonds. The van der Waals surface area contributed by atoms with E-state index < -0.39 is 0 Å². The molecule has 0 aliphatic rings. The maximum absolute atomic E-state index is 12.1. The molecule has 5 heteroatoms. The van der Waals surface area contributed by atoms with Crippen molar-refractivity contribution in [2.75, 3.05) is 6.61 Å². The van der Waals surface area contributed by atoms with E-state index in [-0.39, 0.29) is 24.1 Å². The lowest BCUT2D eigenvalue weighted by Crippen LogP contribution is -2.35. The lowest BCUT2D eigenvalue weighted by molar-refractivity contribution is -0.123. The van der Waals surface area contributed by atoms with Gasteiger partial charge >= 0.3 is 0 Å². The SMILES string of the molecule is CC[C@H](C)NC(=O)COc1cc(=O)n(CC)c2ccccc12. The molecule has 0 aliphatic carbocycles. The van der Waals surface area contributed by atoms with Crippen LogP contribution in [0.2, 0.25) is 0 Å². The number of aryl methyl sites for hydroxylation is 1. The van der Waals surface area contributed by atoms with Gasteiger partial charge in [0.1, 0.15) is 5.75 Å². The average Bonchev–Trinajstić information content (AvgIpc) is 2.52. The van der Waals surface area contributed by atoms with Crippen LogP contribution in [0, 0.1) is 0 Å². The Hall–Kier alpha value is -2.30. The summed E-state index contributed by atoms with van der Waals surface area (Å²) in [4.78, 5) is 23.9. The van der Waals surface area contributed by atoms with Crippen LogP contribution in [0.4, 0.5) is 0 Å². The van der Waals surface area contributed by atoms with E-state index in [0.29, 0.717) is 12.3 Å². The third-order valence-corrected chi connectivity index (χ3v) is 3.68. The van der Waals surface area contributed by atoms with Gasteiger partial charge in [0.2, 0.25) is 0 Å². The zero-order chi connectivity index (χ0) is 16.1. The Morgan fingerprint density at radius 1 is 1.32 bits per heavy atom. The fourth-order valence-corrected chi connectivity index (χ4v) is 2.31. The highest BCUT2D eigenvalue weighted by Crippen LogP contribution is 2.23. The smallest absolute Gasteiger partial charge is 0.258 e. The van der Waals surface area contributed by atoms with Crippen molar-refractivity contribution in [2.45, 2.75) is 39.8 Å². The first-order valence-corrected chi connectivity index (χ1v) is 7.61. The first-order valence-electron chi connectivity index (χ1n) is 7.61. The van der Waals surface area contributed by atoms with Gasteiger partial charge in [0.05, 0.1) is 5.52 Å². The highest BCUT2D eigenvalue weighted by Gasteiger charge is 2.11. The number of rotatable bonds is 6. The quantitative estimate of drug-likeness (QED) is 0.891. The molecule has 0 saturated carbocycles. The Labute approximate surface area is 129 Å². The van der Waals surface area contributed by atoms with E-state index in [1.54, 1.807) is 4.57 Å². The largest absolute Gasteiger partial charge is 0.483 e. The molecule has 2 rings (SSSR count). The third-order valence-electron chi connectivity index (χ3n) is 3.68. The number of carbonyl (C=O) groups is 1. The van der Waals surface area contributed by atoms with Crippen LogP contribution in [-0.4, -0.2) is 23.1 Å². The number of para-hydroxylation sites is 1. The molecular weight excluding hydrogens is 280 g/mol. The predicted octanol–water partition coefficient (Wildman–Crippen LogP) is 2.31. The van der Waals surface area contributed by atoms with Crippen molar-refractivity contribution >= 4 is 16.8 Å². The topological polar surface area (TPSA) is 60.3 Å². The van der Waals surface area contributed by atoms with Crippen molar-refractivity contribution in [3.8, 4) is 5.75 Å². The van der Waals surface area contributed by atoms with Crippen LogP contribution < -0.4 is 15.6 Å². The number of carbonyl (C=O) groups excluding carboxylic acids is 1. The summed E-state index contributed by atoms with van der Waals surface area (Å²) in [5.41, 5.74) is 0.688. The van der Waals surface area contributed by atoms with Gasteiger partial charge in [-0.2, -0.15) is 0 Å². The highest BCUT2D eigenvalue weighted by atomic mass is 16.5. The molecule has 0 spiro atoms. The molecular formula is C17H22N2O3. The van der Waals surface area contributed by atoms with Gasteiger partial charge in [0.25, 0.3) is 11.5 Å². The summed E-state index contributed by atoms with van der Waals surface area (Å²) in [6, 6.07) is 9.10. The Morgan fingerprint density at radius 3 is 2.73 bits per heavy atom. The third kappa shape index (κ3) is 3.47. The Balaban J connectivity index is 2.25. The van der Waals surface area contributed by atoms with E-state index in [1.165, 1.54) is 6.07 Å². The molecule has 1 aromatic heterocycles. The molecule has 0 bridgehead atoms. The number of hydrogen-bond donors (Lipinski definition) is 1. The van der Waals surface area contributed by atoms with E-state index >= 15 is 0 Å². The van der Waals surface area contributed by atoms with Crippen LogP contribution in [0.25, 0.3) is 10.9 Å². The molecule has 0 unspecified atom stereocenters. The molecule has 2 aromatic rings. The Kier molecular flexibility index (Phi) is 5.20. The second-order valence-electron chi connectivity index (χ2n) is 5.27. The van der Waals surface area contributed by atoms with Crippen LogP contribution in [0.3, 0.4) is 0 Å². The molecule has 0 radical (unpaired) electrons. The van der Waals surface area contributed by atoms with Gasteiger partial charge in [-0.05, 0) is 32.4 Å². The normalized spacial score (nSPS) is 12.1. The summed E-state index contributed by atoms with van der Waals surface area (Å²) in [6.07, 6.45) is 0.862. The number of benzene rings is 1. The Morgan fingerprint density at radius 2 is 2.05 bits per heavy atom. The van der Waals surface area contributed by atoms with Crippen molar-refractivity contribution < 1.29 is 9.53 Å². The molecule has 118 valence electrons. The van der Waals surface area contributed by atoms with Crippen molar-refractivity contribution in [1.82, 2.24) is 9.88 Å². The van der Waals surface area contributed by atoms with Gasteiger partial charge < -0.3 is 14.6 Å². The van der Waals surface area contributed by atoms with Gasteiger partial charge in [0, 0.05) is 24.0 Å². The van der Waals surface area contributed by atoms with E-state index in [2.05, 4.69) is 5.32 Å². The second-order valence-corrected chi connectivity index (χ2v) is 5.27. The molecule has 22 heavy (non-hydrogen) atoms. The zero-order valence-electron chi connectivity index (χ0n) is 13.3. The minimum atomic E-state index is -0.182. The number of nitrogens with zero attached hydrogens (tertiary/aromatic N) is 1. The molecule has 0 fully saturated rings. The van der Waals surface area contributed by atoms with Gasteiger partial charge in [-0.15, -0.1) is 0 Å². The van der Waals surface area contributed by atoms with Crippen LogP contribution >= 0.6 is 0 Å². The molecule has 1 aromatic carbocycles. The molecule has 5 nitrogen and oxygen atoms in total. The Bertz CT molecular complexity index is 721. The maximum Gasteiger partial charge on any atom is 0.258 e. The summed E-state index contributed by atoms with van der Waals surface area (Å²) in [5, 5.41) is 3.67. The molecule has 1 atom stereocenters. The number of nitrogens with one attached hydrogen (secondary N) is 1. The van der Waals surface area contributed by atoms with Crippen molar-refractivity contribution in [3.05, 3.63) is 40.7 Å². The number of pyridine rings is 1. The van der Waals surface area contributed by atoms with Gasteiger partial charge in [-0.1, -0.05) is 19.1 Å². The van der Waals surface area contributed by atoms with Gasteiger partial charge in [-0.25, -0.2) is 0 Å². The first-order chi connectivity index (χ1) is 10.6. The summed E-state index contributed by atoms with van der Waals surface area (Å²) in [6.45, 7) is 6.37.